The molecule has 7 heteroatoms. The maximum absolute atomic E-state index is 12.1. The molecule has 0 spiro atoms. The van der Waals surface area contributed by atoms with Crippen molar-refractivity contribution in [3.05, 3.63) is 18.5 Å². The molecule has 1 aromatic rings. The minimum atomic E-state index is -0.472. The first-order valence-electron chi connectivity index (χ1n) is 7.15. The summed E-state index contributed by atoms with van der Waals surface area (Å²) in [4.78, 5) is 24.0. The molecule has 1 aliphatic rings. The predicted molar refractivity (Wildman–Crippen MR) is 88.9 cm³/mol. The quantitative estimate of drug-likeness (QED) is 0.619. The minimum absolute atomic E-state index is 0.265. The fourth-order valence-electron chi connectivity index (χ4n) is 2.24. The fourth-order valence-corrected chi connectivity index (χ4v) is 2.34. The summed E-state index contributed by atoms with van der Waals surface area (Å²) in [5, 5.41) is 2.37. The minimum Gasteiger partial charge on any atom is -0.444 e. The van der Waals surface area contributed by atoms with Gasteiger partial charge in [0.05, 0.1) is 17.0 Å². The van der Waals surface area contributed by atoms with E-state index < -0.39 is 5.60 Å². The molecule has 1 aromatic heterocycles. The van der Waals surface area contributed by atoms with Gasteiger partial charge in [-0.3, -0.25) is 4.98 Å². The normalized spacial score (nSPS) is 15.2. The topological polar surface area (TPSA) is 58.0 Å². The molecule has 2 rings (SSSR count). The van der Waals surface area contributed by atoms with Gasteiger partial charge in [0, 0.05) is 32.4 Å². The lowest BCUT2D eigenvalue weighted by molar-refractivity contribution is 0.0240. The van der Waals surface area contributed by atoms with E-state index in [1.807, 2.05) is 26.8 Å². The molecule has 1 aliphatic heterocycles. The summed E-state index contributed by atoms with van der Waals surface area (Å²) < 4.78 is 5.40. The summed E-state index contributed by atoms with van der Waals surface area (Å²) in [5.74, 6) is 0. The van der Waals surface area contributed by atoms with Crippen LogP contribution in [0.15, 0.2) is 23.5 Å². The number of nitrogens with zero attached hydrogens (tertiary/aromatic N) is 4. The molecule has 118 valence electrons. The Balaban J connectivity index is 2.01. The average molecular weight is 320 g/mol. The van der Waals surface area contributed by atoms with Crippen molar-refractivity contribution < 1.29 is 9.53 Å². The van der Waals surface area contributed by atoms with E-state index in [0.29, 0.717) is 31.9 Å². The van der Waals surface area contributed by atoms with Crippen LogP contribution in [0.25, 0.3) is 0 Å². The van der Waals surface area contributed by atoms with Crippen LogP contribution in [0.1, 0.15) is 20.8 Å². The van der Waals surface area contributed by atoms with Gasteiger partial charge in [-0.1, -0.05) is 0 Å². The Morgan fingerprint density at radius 1 is 1.36 bits per heavy atom. The summed E-state index contributed by atoms with van der Waals surface area (Å²) in [7, 11) is 0. The number of anilines is 1. The molecular weight excluding hydrogens is 300 g/mol. The number of thiocarbonyl (C=S) groups is 1. The van der Waals surface area contributed by atoms with Gasteiger partial charge in [0.15, 0.2) is 0 Å². The van der Waals surface area contributed by atoms with Crippen molar-refractivity contribution in [2.24, 2.45) is 4.99 Å². The molecule has 1 saturated heterocycles. The first-order chi connectivity index (χ1) is 10.4. The molecule has 6 nitrogen and oxygen atoms in total. The van der Waals surface area contributed by atoms with Gasteiger partial charge in [-0.15, -0.1) is 0 Å². The fraction of sp³-hybridized carbons (Fsp3) is 0.533. The first-order valence-corrected chi connectivity index (χ1v) is 7.56. The number of aliphatic imine (C=N–C) groups is 1. The monoisotopic (exact) mass is 320 g/mol. The van der Waals surface area contributed by atoms with Gasteiger partial charge >= 0.3 is 6.09 Å². The lowest BCUT2D eigenvalue weighted by atomic mass is 10.2. The zero-order chi connectivity index (χ0) is 16.2. The van der Waals surface area contributed by atoms with Crippen molar-refractivity contribution in [1.82, 2.24) is 9.88 Å². The van der Waals surface area contributed by atoms with E-state index in [-0.39, 0.29) is 6.09 Å². The van der Waals surface area contributed by atoms with Gasteiger partial charge < -0.3 is 14.5 Å². The van der Waals surface area contributed by atoms with Gasteiger partial charge in [-0.2, -0.15) is 4.99 Å². The number of amides is 1. The van der Waals surface area contributed by atoms with Crippen molar-refractivity contribution in [1.29, 1.82) is 0 Å². The van der Waals surface area contributed by atoms with Gasteiger partial charge in [0.2, 0.25) is 0 Å². The average Bonchev–Trinajstić information content (AvgIpc) is 2.47. The van der Waals surface area contributed by atoms with Crippen LogP contribution in [-0.4, -0.2) is 52.9 Å². The third-order valence-corrected chi connectivity index (χ3v) is 3.31. The second-order valence-electron chi connectivity index (χ2n) is 6.02. The third-order valence-electron chi connectivity index (χ3n) is 3.22. The first kappa shape index (κ1) is 16.4. The number of pyridine rings is 1. The van der Waals surface area contributed by atoms with Gasteiger partial charge in [-0.25, -0.2) is 4.79 Å². The highest BCUT2D eigenvalue weighted by molar-refractivity contribution is 7.78. The number of hydrogen-bond donors (Lipinski definition) is 0. The molecule has 0 aliphatic carbocycles. The van der Waals surface area contributed by atoms with Crippen molar-refractivity contribution in [2.45, 2.75) is 26.4 Å². The number of carbonyl (C=O) groups excluding carboxylic acids is 1. The molecule has 22 heavy (non-hydrogen) atoms. The Labute approximate surface area is 135 Å². The van der Waals surface area contributed by atoms with E-state index in [1.165, 1.54) is 0 Å². The van der Waals surface area contributed by atoms with E-state index in [0.717, 1.165) is 5.69 Å². The second kappa shape index (κ2) is 6.85. The number of hydrogen-bond acceptors (Lipinski definition) is 6. The van der Waals surface area contributed by atoms with E-state index in [9.17, 15) is 4.79 Å². The smallest absolute Gasteiger partial charge is 0.410 e. The van der Waals surface area contributed by atoms with Crippen LogP contribution in [0.2, 0.25) is 0 Å². The van der Waals surface area contributed by atoms with Crippen LogP contribution in [0.4, 0.5) is 16.2 Å². The van der Waals surface area contributed by atoms with Crippen molar-refractivity contribution >= 4 is 34.8 Å². The van der Waals surface area contributed by atoms with Crippen LogP contribution in [0.3, 0.4) is 0 Å². The van der Waals surface area contributed by atoms with E-state index >= 15 is 0 Å². The molecule has 0 unspecified atom stereocenters. The van der Waals surface area contributed by atoms with Gasteiger partial charge in [0.25, 0.3) is 0 Å². The number of aromatic nitrogens is 1. The summed E-state index contributed by atoms with van der Waals surface area (Å²) in [6.07, 6.45) is 3.12. The zero-order valence-corrected chi connectivity index (χ0v) is 13.9. The van der Waals surface area contributed by atoms with Crippen molar-refractivity contribution in [3.63, 3.8) is 0 Å². The molecule has 0 saturated carbocycles. The molecule has 0 N–H and O–H groups in total. The molecule has 0 aromatic carbocycles. The van der Waals surface area contributed by atoms with Crippen molar-refractivity contribution in [2.75, 3.05) is 31.1 Å². The molecular formula is C15H20N4O2S. The summed E-state index contributed by atoms with van der Waals surface area (Å²) in [6, 6.07) is 1.90. The largest absolute Gasteiger partial charge is 0.444 e. The maximum Gasteiger partial charge on any atom is 0.410 e. The third kappa shape index (κ3) is 4.26. The zero-order valence-electron chi connectivity index (χ0n) is 13.1. The maximum atomic E-state index is 12.1. The highest BCUT2D eigenvalue weighted by Crippen LogP contribution is 2.28. The van der Waals surface area contributed by atoms with Crippen LogP contribution in [-0.2, 0) is 4.74 Å². The molecule has 1 amide bonds. The Morgan fingerprint density at radius 2 is 2.05 bits per heavy atom. The molecule has 0 atom stereocenters. The molecule has 2 heterocycles. The Bertz CT molecular complexity index is 585. The Kier molecular flexibility index (Phi) is 5.11. The molecule has 1 fully saturated rings. The van der Waals surface area contributed by atoms with Gasteiger partial charge in [-0.05, 0) is 39.1 Å². The molecule has 0 radical (unpaired) electrons. The van der Waals surface area contributed by atoms with Crippen LogP contribution in [0, 0.1) is 0 Å². The lowest BCUT2D eigenvalue weighted by Gasteiger charge is -2.36. The van der Waals surface area contributed by atoms with E-state index in [4.69, 9.17) is 4.74 Å². The number of carbonyl (C=O) groups is 1. The summed E-state index contributed by atoms with van der Waals surface area (Å²) in [6.45, 7) is 8.25. The number of rotatable bonds is 2. The van der Waals surface area contributed by atoms with Crippen molar-refractivity contribution in [3.8, 4) is 0 Å². The van der Waals surface area contributed by atoms with E-state index in [1.54, 1.807) is 17.3 Å². The van der Waals surface area contributed by atoms with Crippen LogP contribution >= 0.6 is 12.2 Å². The predicted octanol–water partition coefficient (Wildman–Crippen LogP) is 2.87. The Morgan fingerprint density at radius 3 is 2.64 bits per heavy atom. The number of piperazine rings is 1. The number of isothiocyanates is 1. The lowest BCUT2D eigenvalue weighted by Crippen LogP contribution is -2.50. The Hall–Kier alpha value is -1.98. The SMILES string of the molecule is CC(C)(C)OC(=O)N1CCN(c2ccncc2N=C=S)CC1. The molecule has 0 bridgehead atoms. The van der Waals surface area contributed by atoms with Crippen LogP contribution < -0.4 is 4.90 Å². The summed E-state index contributed by atoms with van der Waals surface area (Å²) >= 11 is 4.67. The second-order valence-corrected chi connectivity index (χ2v) is 6.20. The van der Waals surface area contributed by atoms with Crippen LogP contribution in [0.5, 0.6) is 0 Å². The number of ether oxygens (including phenoxy) is 1. The highest BCUT2D eigenvalue weighted by atomic mass is 32.1. The van der Waals surface area contributed by atoms with E-state index in [2.05, 4.69) is 32.3 Å². The highest BCUT2D eigenvalue weighted by Gasteiger charge is 2.26. The summed E-state index contributed by atoms with van der Waals surface area (Å²) in [5.41, 5.74) is 1.18. The standard InChI is InChI=1S/C15H20N4O2S/c1-15(2,3)21-14(20)19-8-6-18(7-9-19)13-4-5-16-10-12(13)17-11-22/h4-5,10H,6-9H2,1-3H3. The van der Waals surface area contributed by atoms with Gasteiger partial charge in [0.1, 0.15) is 11.3 Å².